The van der Waals surface area contributed by atoms with Crippen LogP contribution in [0.2, 0.25) is 0 Å². The van der Waals surface area contributed by atoms with Gasteiger partial charge in [0.2, 0.25) is 0 Å². The highest BCUT2D eigenvalue weighted by atomic mass is 16.4. The number of aromatic nitrogens is 1. The molecule has 3 N–H and O–H groups in total. The van der Waals surface area contributed by atoms with Crippen molar-refractivity contribution < 1.29 is 19.4 Å². The third kappa shape index (κ3) is 3.45. The fourth-order valence-corrected chi connectivity index (χ4v) is 1.95. The number of aliphatic carboxylic acids is 1. The Morgan fingerprint density at radius 2 is 2.16 bits per heavy atom. The molecule has 6 heteroatoms. The minimum Gasteiger partial charge on any atom is -0.481 e. The lowest BCUT2D eigenvalue weighted by atomic mass is 10.0. The average molecular weight is 265 g/mol. The Morgan fingerprint density at radius 1 is 1.37 bits per heavy atom. The lowest BCUT2D eigenvalue weighted by Crippen LogP contribution is -1.99. The Morgan fingerprint density at radius 3 is 2.89 bits per heavy atom. The molecule has 0 aliphatic heterocycles. The second kappa shape index (κ2) is 5.71. The van der Waals surface area contributed by atoms with Gasteiger partial charge in [0.1, 0.15) is 0 Å². The predicted molar refractivity (Wildman–Crippen MR) is 67.9 cm³/mol. The molecule has 0 radical (unpaired) electrons. The Hall–Kier alpha value is -2.08. The van der Waals surface area contributed by atoms with Crippen LogP contribution < -0.4 is 5.76 Å². The van der Waals surface area contributed by atoms with Gasteiger partial charge in [-0.1, -0.05) is 6.07 Å². The SMILES string of the molecule is O=C(O)CCCCC(O)c1ccc2[nH]c(=O)oc2c1. The highest BCUT2D eigenvalue weighted by molar-refractivity contribution is 5.72. The summed E-state index contributed by atoms with van der Waals surface area (Å²) in [5, 5.41) is 18.5. The van der Waals surface area contributed by atoms with E-state index in [4.69, 9.17) is 9.52 Å². The normalized spacial score (nSPS) is 12.7. The van der Waals surface area contributed by atoms with Gasteiger partial charge >= 0.3 is 11.7 Å². The average Bonchev–Trinajstić information content (AvgIpc) is 2.73. The maximum Gasteiger partial charge on any atom is 0.417 e. The van der Waals surface area contributed by atoms with E-state index in [-0.39, 0.29) is 6.42 Å². The first-order valence-electron chi connectivity index (χ1n) is 6.09. The lowest BCUT2D eigenvalue weighted by Gasteiger charge is -2.10. The standard InChI is InChI=1S/C13H15NO5/c15-10(3-1-2-4-12(16)17)8-5-6-9-11(7-8)19-13(18)14-9/h5-7,10,15H,1-4H2,(H,14,18)(H,16,17). The fourth-order valence-electron chi connectivity index (χ4n) is 1.95. The number of oxazole rings is 1. The summed E-state index contributed by atoms with van der Waals surface area (Å²) >= 11 is 0. The van der Waals surface area contributed by atoms with Crippen molar-refractivity contribution in [1.82, 2.24) is 4.98 Å². The van der Waals surface area contributed by atoms with E-state index < -0.39 is 17.8 Å². The summed E-state index contributed by atoms with van der Waals surface area (Å²) in [7, 11) is 0. The number of rotatable bonds is 6. The monoisotopic (exact) mass is 265 g/mol. The van der Waals surface area contributed by atoms with Crippen LogP contribution in [-0.4, -0.2) is 21.2 Å². The number of carboxylic acid groups (broad SMARTS) is 1. The zero-order chi connectivity index (χ0) is 13.8. The van der Waals surface area contributed by atoms with Gasteiger partial charge in [-0.3, -0.25) is 9.78 Å². The fraction of sp³-hybridized carbons (Fsp3) is 0.385. The Balaban J connectivity index is 1.98. The van der Waals surface area contributed by atoms with Crippen LogP contribution in [0.4, 0.5) is 0 Å². The van der Waals surface area contributed by atoms with Gasteiger partial charge in [0.15, 0.2) is 5.58 Å². The lowest BCUT2D eigenvalue weighted by molar-refractivity contribution is -0.137. The van der Waals surface area contributed by atoms with Gasteiger partial charge in [-0.25, -0.2) is 4.79 Å². The van der Waals surface area contributed by atoms with Gasteiger partial charge in [0, 0.05) is 6.42 Å². The van der Waals surface area contributed by atoms with E-state index in [1.807, 2.05) is 0 Å². The summed E-state index contributed by atoms with van der Waals surface area (Å²) in [6.07, 6.45) is 1.07. The van der Waals surface area contributed by atoms with Gasteiger partial charge in [0.25, 0.3) is 0 Å². The maximum atomic E-state index is 11.0. The van der Waals surface area contributed by atoms with Crippen molar-refractivity contribution in [2.45, 2.75) is 31.8 Å². The zero-order valence-electron chi connectivity index (χ0n) is 10.3. The van der Waals surface area contributed by atoms with Crippen molar-refractivity contribution >= 4 is 17.1 Å². The number of aliphatic hydroxyl groups excluding tert-OH is 1. The van der Waals surface area contributed by atoms with Crippen LogP contribution in [0.15, 0.2) is 27.4 Å². The molecule has 1 atom stereocenters. The smallest absolute Gasteiger partial charge is 0.417 e. The van der Waals surface area contributed by atoms with Gasteiger partial charge in [-0.15, -0.1) is 0 Å². The number of carboxylic acids is 1. The molecule has 102 valence electrons. The van der Waals surface area contributed by atoms with Gasteiger partial charge < -0.3 is 14.6 Å². The molecule has 1 aromatic carbocycles. The van der Waals surface area contributed by atoms with Crippen LogP contribution in [-0.2, 0) is 4.79 Å². The van der Waals surface area contributed by atoms with Gasteiger partial charge in [0.05, 0.1) is 11.6 Å². The van der Waals surface area contributed by atoms with Crippen LogP contribution in [0.25, 0.3) is 11.1 Å². The van der Waals surface area contributed by atoms with Crippen molar-refractivity contribution in [3.05, 3.63) is 34.3 Å². The number of hydrogen-bond acceptors (Lipinski definition) is 4. The van der Waals surface area contributed by atoms with Crippen LogP contribution >= 0.6 is 0 Å². The van der Waals surface area contributed by atoms with E-state index in [1.54, 1.807) is 18.2 Å². The quantitative estimate of drug-likeness (QED) is 0.691. The Kier molecular flexibility index (Phi) is 4.01. The summed E-state index contributed by atoms with van der Waals surface area (Å²) in [6.45, 7) is 0. The maximum absolute atomic E-state index is 11.0. The van der Waals surface area contributed by atoms with Crippen LogP contribution in [0.1, 0.15) is 37.4 Å². The zero-order valence-corrected chi connectivity index (χ0v) is 10.3. The van der Waals surface area contributed by atoms with Crippen molar-refractivity contribution in [3.63, 3.8) is 0 Å². The van der Waals surface area contributed by atoms with E-state index in [1.165, 1.54) is 0 Å². The molecular weight excluding hydrogens is 250 g/mol. The summed E-state index contributed by atoms with van der Waals surface area (Å²) < 4.78 is 4.92. The Labute approximate surface area is 108 Å². The molecule has 2 rings (SSSR count). The first-order chi connectivity index (χ1) is 9.06. The van der Waals surface area contributed by atoms with E-state index in [0.29, 0.717) is 35.9 Å². The molecule has 0 saturated heterocycles. The third-order valence-corrected chi connectivity index (χ3v) is 2.95. The number of benzene rings is 1. The molecule has 0 saturated carbocycles. The molecule has 6 nitrogen and oxygen atoms in total. The molecule has 19 heavy (non-hydrogen) atoms. The first kappa shape index (κ1) is 13.4. The summed E-state index contributed by atoms with van der Waals surface area (Å²) in [6, 6.07) is 5.01. The van der Waals surface area contributed by atoms with Crippen molar-refractivity contribution in [2.24, 2.45) is 0 Å². The van der Waals surface area contributed by atoms with Crippen LogP contribution in [0, 0.1) is 0 Å². The molecule has 0 amide bonds. The molecule has 0 fully saturated rings. The molecule has 2 aromatic rings. The first-order valence-corrected chi connectivity index (χ1v) is 6.09. The number of H-pyrrole nitrogens is 1. The molecule has 1 aromatic heterocycles. The summed E-state index contributed by atoms with van der Waals surface area (Å²) in [5.74, 6) is -1.35. The summed E-state index contributed by atoms with van der Waals surface area (Å²) in [5.41, 5.74) is 1.66. The highest BCUT2D eigenvalue weighted by Crippen LogP contribution is 2.22. The van der Waals surface area contributed by atoms with E-state index in [0.717, 1.165) is 0 Å². The molecule has 1 unspecified atom stereocenters. The van der Waals surface area contributed by atoms with Crippen molar-refractivity contribution in [1.29, 1.82) is 0 Å². The predicted octanol–water partition coefficient (Wildman–Crippen LogP) is 1.80. The van der Waals surface area contributed by atoms with Gasteiger partial charge in [-0.05, 0) is 37.0 Å². The van der Waals surface area contributed by atoms with Crippen LogP contribution in [0.5, 0.6) is 0 Å². The van der Waals surface area contributed by atoms with E-state index in [2.05, 4.69) is 4.98 Å². The number of unbranched alkanes of at least 4 members (excludes halogenated alkanes) is 1. The molecule has 0 bridgehead atoms. The molecule has 0 aliphatic carbocycles. The number of aromatic amines is 1. The molecule has 0 spiro atoms. The number of fused-ring (bicyclic) bond motifs is 1. The number of hydrogen-bond donors (Lipinski definition) is 3. The topological polar surface area (TPSA) is 104 Å². The van der Waals surface area contributed by atoms with Crippen LogP contribution in [0.3, 0.4) is 0 Å². The minimum atomic E-state index is -0.829. The second-order valence-corrected chi connectivity index (χ2v) is 4.43. The Bertz CT molecular complexity index is 627. The number of aliphatic hydroxyl groups is 1. The molecule has 0 aliphatic rings. The number of nitrogens with one attached hydrogen (secondary N) is 1. The van der Waals surface area contributed by atoms with E-state index in [9.17, 15) is 14.7 Å². The largest absolute Gasteiger partial charge is 0.481 e. The minimum absolute atomic E-state index is 0.110. The highest BCUT2D eigenvalue weighted by Gasteiger charge is 2.10. The number of carbonyl (C=O) groups is 1. The summed E-state index contributed by atoms with van der Waals surface area (Å²) in [4.78, 5) is 23.9. The van der Waals surface area contributed by atoms with E-state index >= 15 is 0 Å². The molecule has 1 heterocycles. The van der Waals surface area contributed by atoms with Crippen molar-refractivity contribution in [3.8, 4) is 0 Å². The second-order valence-electron chi connectivity index (χ2n) is 4.43. The van der Waals surface area contributed by atoms with Crippen molar-refractivity contribution in [2.75, 3.05) is 0 Å². The third-order valence-electron chi connectivity index (χ3n) is 2.95. The molecular formula is C13H15NO5. The van der Waals surface area contributed by atoms with Gasteiger partial charge in [-0.2, -0.15) is 0 Å².